The monoisotopic (exact) mass is 214 g/mol. The van der Waals surface area contributed by atoms with Crippen molar-refractivity contribution in [3.8, 4) is 0 Å². The van der Waals surface area contributed by atoms with Crippen molar-refractivity contribution in [1.29, 1.82) is 0 Å². The second-order valence-corrected chi connectivity index (χ2v) is 5.50. The molecular formula is C12H22O3. The lowest BCUT2D eigenvalue weighted by Gasteiger charge is -2.35. The molecule has 1 N–H and O–H groups in total. The van der Waals surface area contributed by atoms with E-state index in [1.807, 2.05) is 20.8 Å². The molecule has 3 nitrogen and oxygen atoms in total. The van der Waals surface area contributed by atoms with Crippen molar-refractivity contribution in [2.75, 3.05) is 6.61 Å². The Bertz CT molecular complexity index is 222. The molecule has 0 heterocycles. The number of hydrogen-bond acceptors (Lipinski definition) is 3. The van der Waals surface area contributed by atoms with Crippen molar-refractivity contribution in [3.63, 3.8) is 0 Å². The Morgan fingerprint density at radius 2 is 1.80 bits per heavy atom. The molecule has 0 amide bonds. The number of esters is 1. The highest BCUT2D eigenvalue weighted by Gasteiger charge is 2.41. The van der Waals surface area contributed by atoms with Gasteiger partial charge < -0.3 is 9.84 Å². The Morgan fingerprint density at radius 1 is 1.27 bits per heavy atom. The molecule has 0 aromatic rings. The lowest BCUT2D eigenvalue weighted by molar-refractivity contribution is -0.172. The van der Waals surface area contributed by atoms with E-state index < -0.39 is 11.0 Å². The maximum Gasteiger partial charge on any atom is 0.314 e. The van der Waals surface area contributed by atoms with Crippen molar-refractivity contribution in [1.82, 2.24) is 0 Å². The van der Waals surface area contributed by atoms with Crippen LogP contribution in [0.15, 0.2) is 0 Å². The van der Waals surface area contributed by atoms with Crippen LogP contribution in [0.3, 0.4) is 0 Å². The second-order valence-electron chi connectivity index (χ2n) is 5.50. The molecule has 88 valence electrons. The molecule has 0 unspecified atom stereocenters. The molecule has 15 heavy (non-hydrogen) atoms. The summed E-state index contributed by atoms with van der Waals surface area (Å²) in [5, 5.41) is 9.41. The summed E-state index contributed by atoms with van der Waals surface area (Å²) in [5.41, 5.74) is -1.08. The van der Waals surface area contributed by atoms with Crippen LogP contribution < -0.4 is 0 Å². The summed E-state index contributed by atoms with van der Waals surface area (Å²) in [6.07, 6.45) is 4.71. The molecule has 0 radical (unpaired) electrons. The number of aliphatic hydroxyl groups is 1. The summed E-state index contributed by atoms with van der Waals surface area (Å²) in [7, 11) is 0. The molecule has 0 atom stereocenters. The summed E-state index contributed by atoms with van der Waals surface area (Å²) in [6.45, 7) is 5.50. The predicted octanol–water partition coefficient (Wildman–Crippen LogP) is 2.27. The van der Waals surface area contributed by atoms with E-state index in [0.29, 0.717) is 0 Å². The van der Waals surface area contributed by atoms with E-state index in [-0.39, 0.29) is 12.6 Å². The van der Waals surface area contributed by atoms with E-state index in [4.69, 9.17) is 4.74 Å². The summed E-state index contributed by atoms with van der Waals surface area (Å²) in [4.78, 5) is 12.0. The lowest BCUT2D eigenvalue weighted by atomic mass is 9.74. The zero-order chi connectivity index (χ0) is 11.5. The largest absolute Gasteiger partial charge is 0.459 e. The van der Waals surface area contributed by atoms with Gasteiger partial charge in [0.2, 0.25) is 0 Å². The van der Waals surface area contributed by atoms with Crippen LogP contribution >= 0.6 is 0 Å². The van der Waals surface area contributed by atoms with Crippen LogP contribution in [0, 0.1) is 5.41 Å². The maximum atomic E-state index is 12.0. The van der Waals surface area contributed by atoms with E-state index in [2.05, 4.69) is 0 Å². The number of carbonyl (C=O) groups excluding carboxylic acids is 1. The molecule has 1 rings (SSSR count). The Hall–Kier alpha value is -0.570. The average molecular weight is 214 g/mol. The Morgan fingerprint density at radius 3 is 2.20 bits per heavy atom. The molecule has 1 aliphatic rings. The van der Waals surface area contributed by atoms with Gasteiger partial charge in [-0.05, 0) is 33.6 Å². The van der Waals surface area contributed by atoms with Crippen molar-refractivity contribution < 1.29 is 14.6 Å². The van der Waals surface area contributed by atoms with Gasteiger partial charge in [-0.1, -0.05) is 19.3 Å². The zero-order valence-corrected chi connectivity index (χ0v) is 10.0. The summed E-state index contributed by atoms with van der Waals surface area (Å²) < 4.78 is 5.37. The van der Waals surface area contributed by atoms with Crippen molar-refractivity contribution in [2.45, 2.75) is 58.5 Å². The standard InChI is InChI=1S/C12H22O3/c1-11(2,3)15-10(14)12(9-13)7-5-4-6-8-12/h13H,4-9H2,1-3H3. The second kappa shape index (κ2) is 4.52. The maximum absolute atomic E-state index is 12.0. The van der Waals surface area contributed by atoms with Crippen LogP contribution in [0.4, 0.5) is 0 Å². The lowest BCUT2D eigenvalue weighted by Crippen LogP contribution is -2.41. The third-order valence-corrected chi connectivity index (χ3v) is 2.95. The van der Waals surface area contributed by atoms with E-state index >= 15 is 0 Å². The number of aliphatic hydroxyl groups excluding tert-OH is 1. The molecule has 1 aliphatic carbocycles. The van der Waals surface area contributed by atoms with E-state index in [9.17, 15) is 9.90 Å². The fourth-order valence-electron chi connectivity index (χ4n) is 2.04. The van der Waals surface area contributed by atoms with Crippen LogP contribution in [-0.4, -0.2) is 23.3 Å². The highest BCUT2D eigenvalue weighted by molar-refractivity contribution is 5.77. The number of hydrogen-bond donors (Lipinski definition) is 1. The molecule has 3 heteroatoms. The number of rotatable bonds is 2. The Balaban J connectivity index is 2.68. The quantitative estimate of drug-likeness (QED) is 0.717. The van der Waals surface area contributed by atoms with E-state index in [1.165, 1.54) is 0 Å². The van der Waals surface area contributed by atoms with Gasteiger partial charge in [0, 0.05) is 0 Å². The zero-order valence-electron chi connectivity index (χ0n) is 10.0. The van der Waals surface area contributed by atoms with Crippen molar-refractivity contribution in [3.05, 3.63) is 0 Å². The van der Waals surface area contributed by atoms with Crippen molar-refractivity contribution >= 4 is 5.97 Å². The van der Waals surface area contributed by atoms with Crippen LogP contribution in [0.5, 0.6) is 0 Å². The summed E-state index contributed by atoms with van der Waals surface area (Å²) in [5.74, 6) is -0.225. The summed E-state index contributed by atoms with van der Waals surface area (Å²) in [6, 6.07) is 0. The first-order valence-corrected chi connectivity index (χ1v) is 5.74. The smallest absolute Gasteiger partial charge is 0.314 e. The Labute approximate surface area is 91.8 Å². The molecule has 0 saturated heterocycles. The van der Waals surface area contributed by atoms with Gasteiger partial charge in [0.25, 0.3) is 0 Å². The topological polar surface area (TPSA) is 46.5 Å². The minimum Gasteiger partial charge on any atom is -0.459 e. The van der Waals surface area contributed by atoms with Gasteiger partial charge in [-0.2, -0.15) is 0 Å². The van der Waals surface area contributed by atoms with Gasteiger partial charge in [0.05, 0.1) is 12.0 Å². The van der Waals surface area contributed by atoms with Gasteiger partial charge in [0.1, 0.15) is 5.60 Å². The third-order valence-electron chi connectivity index (χ3n) is 2.95. The first-order chi connectivity index (χ1) is 6.90. The van der Waals surface area contributed by atoms with E-state index in [0.717, 1.165) is 32.1 Å². The first-order valence-electron chi connectivity index (χ1n) is 5.74. The van der Waals surface area contributed by atoms with Crippen LogP contribution in [0.2, 0.25) is 0 Å². The number of ether oxygens (including phenoxy) is 1. The van der Waals surface area contributed by atoms with Gasteiger partial charge in [-0.15, -0.1) is 0 Å². The molecular weight excluding hydrogens is 192 g/mol. The normalized spacial score (nSPS) is 21.1. The first kappa shape index (κ1) is 12.5. The Kier molecular flexibility index (Phi) is 3.77. The molecule has 0 aromatic carbocycles. The van der Waals surface area contributed by atoms with Gasteiger partial charge in [-0.25, -0.2) is 0 Å². The van der Waals surface area contributed by atoms with Crippen LogP contribution in [0.1, 0.15) is 52.9 Å². The molecule has 0 bridgehead atoms. The fraction of sp³-hybridized carbons (Fsp3) is 0.917. The molecule has 0 spiro atoms. The minimum atomic E-state index is -0.620. The predicted molar refractivity (Wildman–Crippen MR) is 58.4 cm³/mol. The molecule has 1 fully saturated rings. The minimum absolute atomic E-state index is 0.0814. The van der Waals surface area contributed by atoms with Gasteiger partial charge in [0.15, 0.2) is 0 Å². The van der Waals surface area contributed by atoms with Gasteiger partial charge >= 0.3 is 5.97 Å². The highest BCUT2D eigenvalue weighted by atomic mass is 16.6. The van der Waals surface area contributed by atoms with Gasteiger partial charge in [-0.3, -0.25) is 4.79 Å². The van der Waals surface area contributed by atoms with E-state index in [1.54, 1.807) is 0 Å². The van der Waals surface area contributed by atoms with Crippen molar-refractivity contribution in [2.24, 2.45) is 5.41 Å². The molecule has 1 saturated carbocycles. The molecule has 0 aliphatic heterocycles. The number of carbonyl (C=O) groups is 1. The fourth-order valence-corrected chi connectivity index (χ4v) is 2.04. The van der Waals surface area contributed by atoms with Crippen LogP contribution in [0.25, 0.3) is 0 Å². The third kappa shape index (κ3) is 3.20. The van der Waals surface area contributed by atoms with Crippen LogP contribution in [-0.2, 0) is 9.53 Å². The molecule has 0 aromatic heterocycles. The highest BCUT2D eigenvalue weighted by Crippen LogP contribution is 2.37. The average Bonchev–Trinajstić information content (AvgIpc) is 2.16. The SMILES string of the molecule is CC(C)(C)OC(=O)C1(CO)CCCCC1. The summed E-state index contributed by atoms with van der Waals surface area (Å²) >= 11 is 0.